The number of rotatable bonds is 7. The van der Waals surface area contributed by atoms with Gasteiger partial charge in [0.15, 0.2) is 0 Å². The second-order valence-corrected chi connectivity index (χ2v) is 7.59. The van der Waals surface area contributed by atoms with E-state index < -0.39 is 0 Å². The van der Waals surface area contributed by atoms with Gasteiger partial charge in [-0.3, -0.25) is 4.79 Å². The van der Waals surface area contributed by atoms with Crippen molar-refractivity contribution in [3.05, 3.63) is 68.7 Å². The Morgan fingerprint density at radius 1 is 1.25 bits per heavy atom. The van der Waals surface area contributed by atoms with Crippen LogP contribution in [0, 0.1) is 0 Å². The van der Waals surface area contributed by atoms with E-state index in [1.165, 1.54) is 4.68 Å². The monoisotopic (exact) mass is 441 g/mol. The van der Waals surface area contributed by atoms with Crippen molar-refractivity contribution in [2.45, 2.75) is 46.1 Å². The topological polar surface area (TPSA) is 56.5 Å². The first-order chi connectivity index (χ1) is 13.5. The van der Waals surface area contributed by atoms with Gasteiger partial charge in [-0.25, -0.2) is 4.98 Å². The lowest BCUT2D eigenvalue weighted by Crippen LogP contribution is -2.22. The minimum atomic E-state index is -0.175. The van der Waals surface area contributed by atoms with Crippen molar-refractivity contribution < 1.29 is 4.74 Å². The second kappa shape index (κ2) is 9.15. The SMILES string of the molecule is CCCc1nc2ccc(Br)cc2c(=O)n1N=Cc1ccccc1O[C@H](C)CC. The molecule has 5 nitrogen and oxygen atoms in total. The van der Waals surface area contributed by atoms with Crippen LogP contribution in [-0.2, 0) is 6.42 Å². The van der Waals surface area contributed by atoms with Crippen molar-refractivity contribution >= 4 is 33.0 Å². The third-order valence-electron chi connectivity index (χ3n) is 4.48. The zero-order chi connectivity index (χ0) is 20.1. The average molecular weight is 442 g/mol. The molecule has 0 saturated heterocycles. The van der Waals surface area contributed by atoms with Gasteiger partial charge in [-0.2, -0.15) is 9.78 Å². The predicted molar refractivity (Wildman–Crippen MR) is 118 cm³/mol. The van der Waals surface area contributed by atoms with Crippen LogP contribution in [0.2, 0.25) is 0 Å². The summed E-state index contributed by atoms with van der Waals surface area (Å²) in [5.74, 6) is 1.40. The number of halogens is 1. The van der Waals surface area contributed by atoms with E-state index in [2.05, 4.69) is 39.9 Å². The molecule has 0 aliphatic heterocycles. The molecule has 1 heterocycles. The molecule has 3 aromatic rings. The molecule has 0 amide bonds. The van der Waals surface area contributed by atoms with Crippen molar-refractivity contribution in [1.29, 1.82) is 0 Å². The number of fused-ring (bicyclic) bond motifs is 1. The number of benzene rings is 2. The van der Waals surface area contributed by atoms with Gasteiger partial charge in [0.25, 0.3) is 5.56 Å². The molecule has 0 unspecified atom stereocenters. The van der Waals surface area contributed by atoms with Crippen molar-refractivity contribution in [3.63, 3.8) is 0 Å². The lowest BCUT2D eigenvalue weighted by Gasteiger charge is -2.14. The van der Waals surface area contributed by atoms with Gasteiger partial charge in [-0.1, -0.05) is 41.9 Å². The maximum Gasteiger partial charge on any atom is 0.282 e. The molecule has 0 aliphatic carbocycles. The average Bonchev–Trinajstić information content (AvgIpc) is 2.69. The van der Waals surface area contributed by atoms with Gasteiger partial charge < -0.3 is 4.74 Å². The summed E-state index contributed by atoms with van der Waals surface area (Å²) in [6.07, 6.45) is 4.23. The number of para-hydroxylation sites is 1. The third-order valence-corrected chi connectivity index (χ3v) is 4.98. The van der Waals surface area contributed by atoms with Gasteiger partial charge in [-0.15, -0.1) is 0 Å². The lowest BCUT2D eigenvalue weighted by molar-refractivity contribution is 0.217. The van der Waals surface area contributed by atoms with Crippen LogP contribution in [0.4, 0.5) is 0 Å². The maximum absolute atomic E-state index is 13.1. The van der Waals surface area contributed by atoms with Gasteiger partial charge in [0.1, 0.15) is 11.6 Å². The quantitative estimate of drug-likeness (QED) is 0.475. The molecule has 1 atom stereocenters. The molecule has 146 valence electrons. The van der Waals surface area contributed by atoms with Crippen LogP contribution in [-0.4, -0.2) is 22.0 Å². The number of hydrogen-bond acceptors (Lipinski definition) is 4. The van der Waals surface area contributed by atoms with E-state index >= 15 is 0 Å². The fraction of sp³-hybridized carbons (Fsp3) is 0.318. The van der Waals surface area contributed by atoms with Crippen LogP contribution in [0.3, 0.4) is 0 Å². The van der Waals surface area contributed by atoms with Crippen LogP contribution in [0.1, 0.15) is 45.0 Å². The Hall–Kier alpha value is -2.47. The summed E-state index contributed by atoms with van der Waals surface area (Å²) < 4.78 is 8.22. The van der Waals surface area contributed by atoms with Crippen LogP contribution < -0.4 is 10.3 Å². The molecule has 6 heteroatoms. The first kappa shape index (κ1) is 20.3. The van der Waals surface area contributed by atoms with Crippen molar-refractivity contribution in [3.8, 4) is 5.75 Å². The Morgan fingerprint density at radius 2 is 2.04 bits per heavy atom. The van der Waals surface area contributed by atoms with Gasteiger partial charge in [0.2, 0.25) is 0 Å². The molecule has 0 saturated carbocycles. The molecular weight excluding hydrogens is 418 g/mol. The van der Waals surface area contributed by atoms with E-state index in [1.54, 1.807) is 12.3 Å². The van der Waals surface area contributed by atoms with E-state index in [0.717, 1.165) is 28.6 Å². The molecule has 0 fully saturated rings. The van der Waals surface area contributed by atoms with Crippen LogP contribution in [0.15, 0.2) is 56.8 Å². The van der Waals surface area contributed by atoms with E-state index in [4.69, 9.17) is 4.74 Å². The van der Waals surface area contributed by atoms with Crippen LogP contribution >= 0.6 is 15.9 Å². The molecule has 1 aromatic heterocycles. The lowest BCUT2D eigenvalue weighted by atomic mass is 10.2. The van der Waals surface area contributed by atoms with Gasteiger partial charge in [0.05, 0.1) is 23.2 Å². The zero-order valence-electron chi connectivity index (χ0n) is 16.4. The van der Waals surface area contributed by atoms with Crippen molar-refractivity contribution in [2.24, 2.45) is 5.10 Å². The summed E-state index contributed by atoms with van der Waals surface area (Å²) in [5.41, 5.74) is 1.33. The number of ether oxygens (including phenoxy) is 1. The highest BCUT2D eigenvalue weighted by Crippen LogP contribution is 2.19. The molecule has 0 radical (unpaired) electrons. The maximum atomic E-state index is 13.1. The number of aromatic nitrogens is 2. The molecule has 2 aromatic carbocycles. The second-order valence-electron chi connectivity index (χ2n) is 6.68. The van der Waals surface area contributed by atoms with E-state index in [1.807, 2.05) is 43.3 Å². The van der Waals surface area contributed by atoms with Gasteiger partial charge >= 0.3 is 0 Å². The van der Waals surface area contributed by atoms with Crippen molar-refractivity contribution in [2.75, 3.05) is 0 Å². The summed E-state index contributed by atoms with van der Waals surface area (Å²) in [5, 5.41) is 5.03. The normalized spacial score (nSPS) is 12.6. The van der Waals surface area contributed by atoms with E-state index in [0.29, 0.717) is 23.1 Å². The summed E-state index contributed by atoms with van der Waals surface area (Å²) in [6, 6.07) is 13.2. The standard InChI is InChI=1S/C22H24BrN3O2/c1-4-8-21-25-19-12-11-17(23)13-18(19)22(27)26(21)24-14-16-9-6-7-10-20(16)28-15(3)5-2/h6-7,9-15H,4-5,8H2,1-3H3/t15-/m1/s1. The highest BCUT2D eigenvalue weighted by Gasteiger charge is 2.11. The molecule has 3 rings (SSSR count). The Bertz CT molecular complexity index is 1060. The highest BCUT2D eigenvalue weighted by atomic mass is 79.9. The van der Waals surface area contributed by atoms with Crippen LogP contribution in [0.25, 0.3) is 10.9 Å². The minimum Gasteiger partial charge on any atom is -0.490 e. The summed E-state index contributed by atoms with van der Waals surface area (Å²) in [7, 11) is 0. The van der Waals surface area contributed by atoms with Gasteiger partial charge in [0, 0.05) is 16.5 Å². The zero-order valence-corrected chi connectivity index (χ0v) is 17.9. The number of hydrogen-bond donors (Lipinski definition) is 0. The molecule has 0 bridgehead atoms. The summed E-state index contributed by atoms with van der Waals surface area (Å²) in [4.78, 5) is 17.7. The number of nitrogens with zero attached hydrogens (tertiary/aromatic N) is 3. The minimum absolute atomic E-state index is 0.104. The first-order valence-electron chi connectivity index (χ1n) is 9.54. The fourth-order valence-corrected chi connectivity index (χ4v) is 3.17. The molecular formula is C22H24BrN3O2. The predicted octanol–water partition coefficient (Wildman–Crippen LogP) is 5.17. The third kappa shape index (κ3) is 4.50. The van der Waals surface area contributed by atoms with Crippen molar-refractivity contribution in [1.82, 2.24) is 9.66 Å². The van der Waals surface area contributed by atoms with E-state index in [9.17, 15) is 4.79 Å². The Balaban J connectivity index is 2.08. The van der Waals surface area contributed by atoms with E-state index in [-0.39, 0.29) is 11.7 Å². The largest absolute Gasteiger partial charge is 0.490 e. The highest BCUT2D eigenvalue weighted by molar-refractivity contribution is 9.10. The van der Waals surface area contributed by atoms with Gasteiger partial charge in [-0.05, 0) is 50.1 Å². The molecule has 0 spiro atoms. The number of aryl methyl sites for hydroxylation is 1. The van der Waals surface area contributed by atoms with Crippen LogP contribution in [0.5, 0.6) is 5.75 Å². The molecule has 0 aliphatic rings. The Labute approximate surface area is 173 Å². The summed E-state index contributed by atoms with van der Waals surface area (Å²) in [6.45, 7) is 6.17. The molecule has 28 heavy (non-hydrogen) atoms. The fourth-order valence-electron chi connectivity index (χ4n) is 2.81. The smallest absolute Gasteiger partial charge is 0.282 e. The Kier molecular flexibility index (Phi) is 6.62. The Morgan fingerprint density at radius 3 is 2.79 bits per heavy atom. The summed E-state index contributed by atoms with van der Waals surface area (Å²) >= 11 is 3.42. The first-order valence-corrected chi connectivity index (χ1v) is 10.3. The molecule has 0 N–H and O–H groups in total.